The van der Waals surface area contributed by atoms with Gasteiger partial charge in [0.2, 0.25) is 0 Å². The van der Waals surface area contributed by atoms with Crippen LogP contribution in [0.4, 0.5) is 22.0 Å². The van der Waals surface area contributed by atoms with Crippen molar-refractivity contribution >= 4 is 17.9 Å². The maximum absolute atomic E-state index is 12.5. The first-order valence-corrected chi connectivity index (χ1v) is 4.15. The van der Waals surface area contributed by atoms with E-state index in [1.54, 1.807) is 0 Å². The Bertz CT molecular complexity index is 418. The predicted molar refractivity (Wildman–Crippen MR) is 44.6 cm³/mol. The SMILES string of the molecule is O=Cc1cnc(Cl)c(C(F)F)c1C(F)(F)F. The normalized spacial score (nSPS) is 11.9. The monoisotopic (exact) mass is 259 g/mol. The molecule has 1 heterocycles. The molecule has 8 heteroatoms. The Morgan fingerprint density at radius 2 is 1.94 bits per heavy atom. The number of hydrogen-bond acceptors (Lipinski definition) is 2. The van der Waals surface area contributed by atoms with Crippen molar-refractivity contribution in [2.24, 2.45) is 0 Å². The van der Waals surface area contributed by atoms with Gasteiger partial charge >= 0.3 is 6.18 Å². The van der Waals surface area contributed by atoms with E-state index in [0.717, 1.165) is 0 Å². The number of rotatable bonds is 2. The third-order valence-corrected chi connectivity index (χ3v) is 2.03. The van der Waals surface area contributed by atoms with Gasteiger partial charge in [-0.2, -0.15) is 13.2 Å². The Labute approximate surface area is 91.0 Å². The van der Waals surface area contributed by atoms with Crippen LogP contribution in [-0.4, -0.2) is 11.3 Å². The van der Waals surface area contributed by atoms with E-state index >= 15 is 0 Å². The number of halogens is 6. The van der Waals surface area contributed by atoms with Crippen LogP contribution >= 0.6 is 11.6 Å². The molecular weight excluding hydrogens is 257 g/mol. The fraction of sp³-hybridized carbons (Fsp3) is 0.250. The van der Waals surface area contributed by atoms with Gasteiger partial charge in [0.15, 0.2) is 6.29 Å². The van der Waals surface area contributed by atoms with Gasteiger partial charge in [-0.05, 0) is 0 Å². The molecule has 1 aromatic heterocycles. The Morgan fingerprint density at radius 1 is 1.38 bits per heavy atom. The van der Waals surface area contributed by atoms with E-state index in [1.807, 2.05) is 0 Å². The minimum atomic E-state index is -5.09. The smallest absolute Gasteiger partial charge is 0.298 e. The summed E-state index contributed by atoms with van der Waals surface area (Å²) in [5, 5.41) is -0.965. The molecule has 0 radical (unpaired) electrons. The van der Waals surface area contributed by atoms with E-state index in [0.29, 0.717) is 6.20 Å². The molecule has 0 aromatic carbocycles. The van der Waals surface area contributed by atoms with E-state index in [-0.39, 0.29) is 6.29 Å². The van der Waals surface area contributed by atoms with Crippen LogP contribution < -0.4 is 0 Å². The van der Waals surface area contributed by atoms with Crippen LogP contribution in [0, 0.1) is 0 Å². The molecule has 0 N–H and O–H groups in total. The fourth-order valence-corrected chi connectivity index (χ4v) is 1.35. The Kier molecular flexibility index (Phi) is 3.47. The second kappa shape index (κ2) is 4.32. The zero-order valence-corrected chi connectivity index (χ0v) is 8.11. The predicted octanol–water partition coefficient (Wildman–Crippen LogP) is 3.50. The third kappa shape index (κ3) is 2.29. The zero-order chi connectivity index (χ0) is 12.5. The summed E-state index contributed by atoms with van der Waals surface area (Å²) in [6, 6.07) is 0. The average Bonchev–Trinajstić information content (AvgIpc) is 2.15. The van der Waals surface area contributed by atoms with Crippen molar-refractivity contribution in [2.75, 3.05) is 0 Å². The number of aldehydes is 1. The van der Waals surface area contributed by atoms with Gasteiger partial charge in [-0.3, -0.25) is 4.79 Å². The van der Waals surface area contributed by atoms with Crippen molar-refractivity contribution in [1.29, 1.82) is 0 Å². The maximum Gasteiger partial charge on any atom is 0.417 e. The van der Waals surface area contributed by atoms with E-state index in [4.69, 9.17) is 11.6 Å². The molecule has 0 aliphatic rings. The van der Waals surface area contributed by atoms with E-state index in [1.165, 1.54) is 0 Å². The molecule has 0 unspecified atom stereocenters. The zero-order valence-electron chi connectivity index (χ0n) is 7.36. The molecule has 2 nitrogen and oxygen atoms in total. The molecule has 0 bridgehead atoms. The molecule has 1 aromatic rings. The second-order valence-corrected chi connectivity index (χ2v) is 3.07. The number of carbonyl (C=O) groups excluding carboxylic acids is 1. The van der Waals surface area contributed by atoms with Crippen molar-refractivity contribution in [3.8, 4) is 0 Å². The number of carbonyl (C=O) groups is 1. The molecule has 0 amide bonds. The van der Waals surface area contributed by atoms with Gasteiger partial charge in [0, 0.05) is 11.8 Å². The number of alkyl halides is 5. The Balaban J connectivity index is 3.62. The lowest BCUT2D eigenvalue weighted by Gasteiger charge is -2.14. The molecule has 0 saturated heterocycles. The lowest BCUT2D eigenvalue weighted by molar-refractivity contribution is -0.139. The van der Waals surface area contributed by atoms with Crippen LogP contribution in [0.25, 0.3) is 0 Å². The summed E-state index contributed by atoms with van der Waals surface area (Å²) >= 11 is 5.15. The lowest BCUT2D eigenvalue weighted by atomic mass is 10.1. The highest BCUT2D eigenvalue weighted by atomic mass is 35.5. The Morgan fingerprint density at radius 3 is 2.31 bits per heavy atom. The van der Waals surface area contributed by atoms with Crippen molar-refractivity contribution < 1.29 is 26.7 Å². The molecular formula is C8H3ClF5NO. The molecule has 0 fully saturated rings. The van der Waals surface area contributed by atoms with E-state index in [9.17, 15) is 26.7 Å². The topological polar surface area (TPSA) is 30.0 Å². The van der Waals surface area contributed by atoms with Crippen molar-refractivity contribution in [1.82, 2.24) is 4.98 Å². The summed E-state index contributed by atoms with van der Waals surface area (Å²) in [4.78, 5) is 13.4. The second-order valence-electron chi connectivity index (χ2n) is 2.71. The van der Waals surface area contributed by atoms with Crippen LogP contribution in [0.15, 0.2) is 6.20 Å². The molecule has 0 spiro atoms. The highest BCUT2D eigenvalue weighted by molar-refractivity contribution is 6.30. The van der Waals surface area contributed by atoms with Gasteiger partial charge in [0.05, 0.1) is 11.1 Å². The summed E-state index contributed by atoms with van der Waals surface area (Å²) in [6.45, 7) is 0. The fourth-order valence-electron chi connectivity index (χ4n) is 1.12. The minimum Gasteiger partial charge on any atom is -0.298 e. The average molecular weight is 260 g/mol. The van der Waals surface area contributed by atoms with Crippen LogP contribution in [0.3, 0.4) is 0 Å². The molecule has 0 aliphatic carbocycles. The number of hydrogen-bond donors (Lipinski definition) is 0. The quantitative estimate of drug-likeness (QED) is 0.462. The summed E-state index contributed by atoms with van der Waals surface area (Å²) in [7, 11) is 0. The number of nitrogens with zero attached hydrogens (tertiary/aromatic N) is 1. The summed E-state index contributed by atoms with van der Waals surface area (Å²) in [5.41, 5.74) is -4.18. The summed E-state index contributed by atoms with van der Waals surface area (Å²) in [5.74, 6) is 0. The summed E-state index contributed by atoms with van der Waals surface area (Å²) in [6.07, 6.45) is -8.24. The van der Waals surface area contributed by atoms with Crippen LogP contribution in [0.5, 0.6) is 0 Å². The molecule has 88 valence electrons. The van der Waals surface area contributed by atoms with Gasteiger partial charge < -0.3 is 0 Å². The van der Waals surface area contributed by atoms with Gasteiger partial charge in [-0.1, -0.05) is 11.6 Å². The van der Waals surface area contributed by atoms with Crippen molar-refractivity contribution in [2.45, 2.75) is 12.6 Å². The minimum absolute atomic E-state index is 0.196. The highest BCUT2D eigenvalue weighted by Crippen LogP contribution is 2.40. The van der Waals surface area contributed by atoms with Crippen molar-refractivity contribution in [3.63, 3.8) is 0 Å². The third-order valence-electron chi connectivity index (χ3n) is 1.73. The van der Waals surface area contributed by atoms with E-state index < -0.39 is 34.4 Å². The first kappa shape index (κ1) is 12.8. The van der Waals surface area contributed by atoms with Gasteiger partial charge in [-0.15, -0.1) is 0 Å². The van der Waals surface area contributed by atoms with Gasteiger partial charge in [0.1, 0.15) is 5.15 Å². The maximum atomic E-state index is 12.5. The van der Waals surface area contributed by atoms with Crippen LogP contribution in [0.1, 0.15) is 27.9 Å². The molecule has 16 heavy (non-hydrogen) atoms. The Hall–Kier alpha value is -1.24. The lowest BCUT2D eigenvalue weighted by Crippen LogP contribution is -2.14. The highest BCUT2D eigenvalue weighted by Gasteiger charge is 2.40. The van der Waals surface area contributed by atoms with Crippen LogP contribution in [-0.2, 0) is 6.18 Å². The largest absolute Gasteiger partial charge is 0.417 e. The van der Waals surface area contributed by atoms with Crippen LogP contribution in [0.2, 0.25) is 5.15 Å². The molecule has 0 atom stereocenters. The summed E-state index contributed by atoms with van der Waals surface area (Å²) < 4.78 is 62.2. The first-order chi connectivity index (χ1) is 7.29. The van der Waals surface area contributed by atoms with Gasteiger partial charge in [0.25, 0.3) is 6.43 Å². The van der Waals surface area contributed by atoms with Crippen molar-refractivity contribution in [3.05, 3.63) is 28.0 Å². The number of pyridine rings is 1. The molecule has 1 rings (SSSR count). The molecule has 0 saturated carbocycles. The standard InChI is InChI=1S/C8H3ClF5NO/c9-6-4(7(10)11)5(8(12,13)14)3(2-16)1-15-6/h1-2,7H. The molecule has 0 aliphatic heterocycles. The number of aromatic nitrogens is 1. The first-order valence-electron chi connectivity index (χ1n) is 3.78. The van der Waals surface area contributed by atoms with Gasteiger partial charge in [-0.25, -0.2) is 13.8 Å². The van der Waals surface area contributed by atoms with E-state index in [2.05, 4.69) is 4.98 Å².